The molecular weight excluding hydrogens is 342 g/mol. The Hall–Kier alpha value is -2.40. The van der Waals surface area contributed by atoms with Crippen LogP contribution in [0.5, 0.6) is 0 Å². The van der Waals surface area contributed by atoms with Crippen molar-refractivity contribution in [3.8, 4) is 11.4 Å². The minimum absolute atomic E-state index is 0.109. The lowest BCUT2D eigenvalue weighted by atomic mass is 10.0. The van der Waals surface area contributed by atoms with Crippen LogP contribution >= 0.6 is 11.8 Å². The monoisotopic (exact) mass is 365 g/mol. The second-order valence-corrected chi connectivity index (χ2v) is 7.35. The zero-order chi connectivity index (χ0) is 18.5. The SMILES string of the molecule is CCn1c(SCC(=O)c2ccc(C(C)C)cc2)nnc1-c1ccccc1. The van der Waals surface area contributed by atoms with Gasteiger partial charge in [-0.05, 0) is 18.4 Å². The minimum atomic E-state index is 0.109. The van der Waals surface area contributed by atoms with Gasteiger partial charge in [-0.3, -0.25) is 4.79 Å². The topological polar surface area (TPSA) is 47.8 Å². The summed E-state index contributed by atoms with van der Waals surface area (Å²) < 4.78 is 2.05. The van der Waals surface area contributed by atoms with Gasteiger partial charge in [-0.25, -0.2) is 0 Å². The van der Waals surface area contributed by atoms with E-state index in [4.69, 9.17) is 0 Å². The number of carbonyl (C=O) groups excluding carboxylic acids is 1. The molecule has 1 aromatic heterocycles. The molecule has 1 heterocycles. The Bertz CT molecular complexity index is 870. The van der Waals surface area contributed by atoms with Crippen molar-refractivity contribution in [2.24, 2.45) is 0 Å². The van der Waals surface area contributed by atoms with Crippen LogP contribution in [0.15, 0.2) is 59.8 Å². The molecular formula is C21H23N3OS. The third kappa shape index (κ3) is 4.05. The quantitative estimate of drug-likeness (QED) is 0.433. The summed E-state index contributed by atoms with van der Waals surface area (Å²) in [4.78, 5) is 12.5. The number of hydrogen-bond acceptors (Lipinski definition) is 4. The zero-order valence-electron chi connectivity index (χ0n) is 15.3. The van der Waals surface area contributed by atoms with Gasteiger partial charge in [0.2, 0.25) is 0 Å². The summed E-state index contributed by atoms with van der Waals surface area (Å²) in [7, 11) is 0. The smallest absolute Gasteiger partial charge is 0.191 e. The third-order valence-electron chi connectivity index (χ3n) is 4.30. The maximum Gasteiger partial charge on any atom is 0.191 e. The largest absolute Gasteiger partial charge is 0.302 e. The van der Waals surface area contributed by atoms with Crippen molar-refractivity contribution >= 4 is 17.5 Å². The Balaban J connectivity index is 1.71. The summed E-state index contributed by atoms with van der Waals surface area (Å²) in [6.07, 6.45) is 0. The summed E-state index contributed by atoms with van der Waals surface area (Å²) in [5.74, 6) is 1.77. The van der Waals surface area contributed by atoms with Crippen LogP contribution in [0.25, 0.3) is 11.4 Å². The number of carbonyl (C=O) groups is 1. The van der Waals surface area contributed by atoms with Gasteiger partial charge in [0.05, 0.1) is 5.75 Å². The molecule has 0 atom stereocenters. The molecule has 0 amide bonds. The van der Waals surface area contributed by atoms with Crippen LogP contribution in [-0.2, 0) is 6.54 Å². The fraction of sp³-hybridized carbons (Fsp3) is 0.286. The molecule has 134 valence electrons. The van der Waals surface area contributed by atoms with Crippen LogP contribution < -0.4 is 0 Å². The van der Waals surface area contributed by atoms with Crippen LogP contribution in [-0.4, -0.2) is 26.3 Å². The summed E-state index contributed by atoms with van der Waals surface area (Å²) in [6.45, 7) is 7.12. The van der Waals surface area contributed by atoms with E-state index in [0.717, 1.165) is 28.7 Å². The Morgan fingerprint density at radius 3 is 2.35 bits per heavy atom. The number of benzene rings is 2. The van der Waals surface area contributed by atoms with Gasteiger partial charge >= 0.3 is 0 Å². The third-order valence-corrected chi connectivity index (χ3v) is 5.26. The Labute approximate surface area is 158 Å². The Kier molecular flexibility index (Phi) is 5.89. The number of thioether (sulfide) groups is 1. The summed E-state index contributed by atoms with van der Waals surface area (Å²) in [6, 6.07) is 17.9. The van der Waals surface area contributed by atoms with Crippen molar-refractivity contribution in [2.75, 3.05) is 5.75 Å². The maximum atomic E-state index is 12.5. The number of rotatable bonds is 7. The van der Waals surface area contributed by atoms with Gasteiger partial charge in [-0.15, -0.1) is 10.2 Å². The van der Waals surface area contributed by atoms with Crippen LogP contribution in [0.1, 0.15) is 42.6 Å². The van der Waals surface area contributed by atoms with Crippen LogP contribution in [0.4, 0.5) is 0 Å². The second-order valence-electron chi connectivity index (χ2n) is 6.41. The number of Topliss-reactive ketones (excluding diaryl/α,β-unsaturated/α-hetero) is 1. The molecule has 4 nitrogen and oxygen atoms in total. The van der Waals surface area contributed by atoms with Crippen molar-refractivity contribution in [3.05, 3.63) is 65.7 Å². The zero-order valence-corrected chi connectivity index (χ0v) is 16.2. The minimum Gasteiger partial charge on any atom is -0.302 e. The molecule has 0 saturated carbocycles. The molecule has 0 aliphatic heterocycles. The highest BCUT2D eigenvalue weighted by Gasteiger charge is 2.15. The van der Waals surface area contributed by atoms with E-state index in [9.17, 15) is 4.79 Å². The van der Waals surface area contributed by atoms with E-state index >= 15 is 0 Å². The lowest BCUT2D eigenvalue weighted by molar-refractivity contribution is 0.102. The maximum absolute atomic E-state index is 12.5. The molecule has 0 N–H and O–H groups in total. The predicted molar refractivity (Wildman–Crippen MR) is 107 cm³/mol. The average Bonchev–Trinajstić information content (AvgIpc) is 3.09. The molecule has 0 saturated heterocycles. The first kappa shape index (κ1) is 18.4. The summed E-state index contributed by atoms with van der Waals surface area (Å²) in [5.41, 5.74) is 3.02. The molecule has 5 heteroatoms. The highest BCUT2D eigenvalue weighted by atomic mass is 32.2. The average molecular weight is 366 g/mol. The number of ketones is 1. The van der Waals surface area contributed by atoms with Gasteiger partial charge in [-0.2, -0.15) is 0 Å². The molecule has 3 aromatic rings. The Morgan fingerprint density at radius 1 is 1.04 bits per heavy atom. The number of nitrogens with zero attached hydrogens (tertiary/aromatic N) is 3. The van der Waals surface area contributed by atoms with Crippen molar-refractivity contribution in [3.63, 3.8) is 0 Å². The van der Waals surface area contributed by atoms with E-state index in [0.29, 0.717) is 11.7 Å². The predicted octanol–water partition coefficient (Wildman–Crippen LogP) is 5.06. The molecule has 0 bridgehead atoms. The second kappa shape index (κ2) is 8.32. The van der Waals surface area contributed by atoms with Gasteiger partial charge < -0.3 is 4.57 Å². The molecule has 0 fully saturated rings. The van der Waals surface area contributed by atoms with Crippen molar-refractivity contribution in [1.29, 1.82) is 0 Å². The van der Waals surface area contributed by atoms with E-state index in [1.807, 2.05) is 54.6 Å². The van der Waals surface area contributed by atoms with E-state index in [1.165, 1.54) is 17.3 Å². The summed E-state index contributed by atoms with van der Waals surface area (Å²) in [5, 5.41) is 9.39. The van der Waals surface area contributed by atoms with Gasteiger partial charge in [0.15, 0.2) is 16.8 Å². The number of aromatic nitrogens is 3. The number of hydrogen-bond donors (Lipinski definition) is 0. The standard InChI is InChI=1S/C21H23N3OS/c1-4-24-20(18-8-6-5-7-9-18)22-23-21(24)26-14-19(25)17-12-10-16(11-13-17)15(2)3/h5-13,15H,4,14H2,1-3H3. The molecule has 0 radical (unpaired) electrons. The molecule has 2 aromatic carbocycles. The normalized spacial score (nSPS) is 11.1. The lowest BCUT2D eigenvalue weighted by Gasteiger charge is -2.08. The first-order valence-corrected chi connectivity index (χ1v) is 9.83. The van der Waals surface area contributed by atoms with E-state index in [-0.39, 0.29) is 5.78 Å². The van der Waals surface area contributed by atoms with E-state index in [1.54, 1.807) is 0 Å². The first-order chi connectivity index (χ1) is 12.6. The highest BCUT2D eigenvalue weighted by Crippen LogP contribution is 2.24. The van der Waals surface area contributed by atoms with E-state index < -0.39 is 0 Å². The highest BCUT2D eigenvalue weighted by molar-refractivity contribution is 7.99. The van der Waals surface area contributed by atoms with Gasteiger partial charge in [0.25, 0.3) is 0 Å². The first-order valence-electron chi connectivity index (χ1n) is 8.84. The summed E-state index contributed by atoms with van der Waals surface area (Å²) >= 11 is 1.44. The van der Waals surface area contributed by atoms with Crippen molar-refractivity contribution in [1.82, 2.24) is 14.8 Å². The molecule has 0 aliphatic rings. The Morgan fingerprint density at radius 2 is 1.73 bits per heavy atom. The van der Waals surface area contributed by atoms with Gasteiger partial charge in [0, 0.05) is 17.7 Å². The van der Waals surface area contributed by atoms with Gasteiger partial charge in [0.1, 0.15) is 0 Å². The molecule has 0 unspecified atom stereocenters. The van der Waals surface area contributed by atoms with Crippen LogP contribution in [0, 0.1) is 0 Å². The molecule has 0 aliphatic carbocycles. The van der Waals surface area contributed by atoms with Crippen molar-refractivity contribution < 1.29 is 4.79 Å². The van der Waals surface area contributed by atoms with Crippen molar-refractivity contribution in [2.45, 2.75) is 38.4 Å². The fourth-order valence-electron chi connectivity index (χ4n) is 2.75. The van der Waals surface area contributed by atoms with E-state index in [2.05, 4.69) is 35.5 Å². The van der Waals surface area contributed by atoms with Crippen LogP contribution in [0.2, 0.25) is 0 Å². The molecule has 26 heavy (non-hydrogen) atoms. The van der Waals surface area contributed by atoms with Crippen LogP contribution in [0.3, 0.4) is 0 Å². The molecule has 3 rings (SSSR count). The van der Waals surface area contributed by atoms with Gasteiger partial charge in [-0.1, -0.05) is 80.2 Å². The lowest BCUT2D eigenvalue weighted by Crippen LogP contribution is -2.05. The molecule has 0 spiro atoms. The fourth-order valence-corrected chi connectivity index (χ4v) is 3.65.